The Kier molecular flexibility index (Phi) is 5.14. The summed E-state index contributed by atoms with van der Waals surface area (Å²) in [5.74, 6) is 0. The molecule has 7 nitrogen and oxygen atoms in total. The van der Waals surface area contributed by atoms with Gasteiger partial charge >= 0.3 is 5.69 Å². The molecule has 3 aromatic carbocycles. The van der Waals surface area contributed by atoms with Crippen molar-refractivity contribution in [1.82, 2.24) is 0 Å². The van der Waals surface area contributed by atoms with Crippen LogP contribution in [-0.2, 0) is 10.7 Å². The maximum absolute atomic E-state index is 11.4. The van der Waals surface area contributed by atoms with Crippen LogP contribution in [0.2, 0.25) is 0 Å². The van der Waals surface area contributed by atoms with Gasteiger partial charge in [0.05, 0.1) is 15.9 Å². The van der Waals surface area contributed by atoms with Crippen molar-refractivity contribution in [1.29, 1.82) is 0 Å². The van der Waals surface area contributed by atoms with Gasteiger partial charge in [0, 0.05) is 15.9 Å². The van der Waals surface area contributed by atoms with Crippen LogP contribution in [-0.4, -0.2) is 9.85 Å². The highest BCUT2D eigenvalue weighted by Crippen LogP contribution is 2.34. The lowest BCUT2D eigenvalue weighted by Crippen LogP contribution is -1.95. The van der Waals surface area contributed by atoms with Gasteiger partial charge in [-0.25, -0.2) is 4.36 Å². The zero-order valence-corrected chi connectivity index (χ0v) is 14.2. The topological polar surface area (TPSA) is 98.6 Å². The molecule has 0 aromatic heterocycles. The molecular weight excluding hydrogens is 354 g/mol. The average molecular weight is 367 g/mol. The minimum atomic E-state index is -0.796. The summed E-state index contributed by atoms with van der Waals surface area (Å²) >= 11 is 0. The van der Waals surface area contributed by atoms with E-state index in [0.717, 1.165) is 15.9 Å². The number of hydrogen-bond donors (Lipinski definition) is 0. The molecule has 0 aliphatic rings. The van der Waals surface area contributed by atoms with Crippen molar-refractivity contribution in [2.24, 2.45) is 4.36 Å². The third-order valence-electron chi connectivity index (χ3n) is 3.49. The molecule has 26 heavy (non-hydrogen) atoms. The van der Waals surface area contributed by atoms with Gasteiger partial charge in [0.25, 0.3) is 5.69 Å². The first-order valence-corrected chi connectivity index (χ1v) is 8.73. The number of non-ortho nitro benzene ring substituents is 1. The number of nitro groups is 2. The molecule has 0 bridgehead atoms. The van der Waals surface area contributed by atoms with Crippen LogP contribution in [0.1, 0.15) is 0 Å². The summed E-state index contributed by atoms with van der Waals surface area (Å²) in [7, 11) is -0.796. The predicted octanol–water partition coefficient (Wildman–Crippen LogP) is 5.05. The molecular formula is C18H13N3O4S. The number of nitrogens with zero attached hydrogens (tertiary/aromatic N) is 3. The van der Waals surface area contributed by atoms with Crippen LogP contribution in [0.25, 0.3) is 0 Å². The fourth-order valence-corrected chi connectivity index (χ4v) is 3.95. The van der Waals surface area contributed by atoms with Gasteiger partial charge in [-0.05, 0) is 41.0 Å². The highest BCUT2D eigenvalue weighted by atomic mass is 32.2. The molecule has 8 heteroatoms. The number of rotatable bonds is 5. The standard InChI is InChI=1S/C18H13N3O4S/c22-20(23)14-11-12-17(18(13-14)21(24)25)19-26(15-7-3-1-4-8-15)16-9-5-2-6-10-16/h1-13H. The molecule has 0 saturated heterocycles. The Hall–Kier alpha value is -3.39. The molecule has 0 saturated carbocycles. The van der Waals surface area contributed by atoms with Crippen LogP contribution < -0.4 is 0 Å². The van der Waals surface area contributed by atoms with Crippen molar-refractivity contribution in [2.75, 3.05) is 0 Å². The quantitative estimate of drug-likeness (QED) is 0.465. The summed E-state index contributed by atoms with van der Waals surface area (Å²) < 4.78 is 4.58. The van der Waals surface area contributed by atoms with E-state index >= 15 is 0 Å². The van der Waals surface area contributed by atoms with E-state index in [2.05, 4.69) is 4.36 Å². The molecule has 130 valence electrons. The summed E-state index contributed by atoms with van der Waals surface area (Å²) in [5.41, 5.74) is -0.616. The summed E-state index contributed by atoms with van der Waals surface area (Å²) in [4.78, 5) is 22.8. The fourth-order valence-electron chi connectivity index (χ4n) is 2.29. The maximum Gasteiger partial charge on any atom is 0.302 e. The van der Waals surface area contributed by atoms with E-state index in [1.807, 2.05) is 60.7 Å². The van der Waals surface area contributed by atoms with E-state index in [9.17, 15) is 20.2 Å². The van der Waals surface area contributed by atoms with Gasteiger partial charge in [0.2, 0.25) is 0 Å². The van der Waals surface area contributed by atoms with Gasteiger partial charge in [0.1, 0.15) is 5.69 Å². The molecule has 0 aliphatic carbocycles. The molecule has 0 N–H and O–H groups in total. The van der Waals surface area contributed by atoms with E-state index in [0.29, 0.717) is 0 Å². The summed E-state index contributed by atoms with van der Waals surface area (Å²) in [6.45, 7) is 0. The van der Waals surface area contributed by atoms with E-state index in [4.69, 9.17) is 0 Å². The van der Waals surface area contributed by atoms with E-state index < -0.39 is 20.5 Å². The van der Waals surface area contributed by atoms with E-state index in [1.165, 1.54) is 12.1 Å². The van der Waals surface area contributed by atoms with Gasteiger partial charge in [-0.3, -0.25) is 20.2 Å². The monoisotopic (exact) mass is 367 g/mol. The average Bonchev–Trinajstić information content (AvgIpc) is 2.67. The SMILES string of the molecule is O=[N+]([O-])c1ccc(N=S(c2ccccc2)c2ccccc2)c([N+](=O)[O-])c1. The molecule has 0 unspecified atom stereocenters. The fraction of sp³-hybridized carbons (Fsp3) is 0. The van der Waals surface area contributed by atoms with Crippen LogP contribution in [0.3, 0.4) is 0 Å². The van der Waals surface area contributed by atoms with Crippen LogP contribution in [0.15, 0.2) is 93.0 Å². The summed E-state index contributed by atoms with van der Waals surface area (Å²) in [6, 6.07) is 22.3. The lowest BCUT2D eigenvalue weighted by molar-refractivity contribution is -0.393. The number of hydrogen-bond acceptors (Lipinski definition) is 5. The van der Waals surface area contributed by atoms with Gasteiger partial charge in [-0.2, -0.15) is 0 Å². The zero-order valence-electron chi connectivity index (χ0n) is 13.4. The third kappa shape index (κ3) is 3.81. The van der Waals surface area contributed by atoms with Crippen molar-refractivity contribution < 1.29 is 9.85 Å². The minimum Gasteiger partial charge on any atom is -0.258 e. The Labute approximate surface area is 151 Å². The van der Waals surface area contributed by atoms with Crippen molar-refractivity contribution >= 4 is 27.8 Å². The second-order valence-corrected chi connectivity index (χ2v) is 6.88. The van der Waals surface area contributed by atoms with Crippen molar-refractivity contribution in [3.8, 4) is 0 Å². The molecule has 0 heterocycles. The zero-order chi connectivity index (χ0) is 18.5. The van der Waals surface area contributed by atoms with Crippen molar-refractivity contribution in [3.05, 3.63) is 99.1 Å². The predicted molar refractivity (Wildman–Crippen MR) is 98.6 cm³/mol. The van der Waals surface area contributed by atoms with Gasteiger partial charge in [-0.15, -0.1) is 0 Å². The van der Waals surface area contributed by atoms with Crippen LogP contribution >= 0.6 is 0 Å². The van der Waals surface area contributed by atoms with E-state index in [-0.39, 0.29) is 17.1 Å². The largest absolute Gasteiger partial charge is 0.302 e. The molecule has 0 radical (unpaired) electrons. The molecule has 0 amide bonds. The first kappa shape index (κ1) is 17.4. The molecule has 3 aromatic rings. The molecule has 0 spiro atoms. The van der Waals surface area contributed by atoms with Gasteiger partial charge in [-0.1, -0.05) is 36.4 Å². The van der Waals surface area contributed by atoms with Crippen molar-refractivity contribution in [2.45, 2.75) is 9.79 Å². The van der Waals surface area contributed by atoms with Crippen LogP contribution in [0.5, 0.6) is 0 Å². The smallest absolute Gasteiger partial charge is 0.258 e. The highest BCUT2D eigenvalue weighted by molar-refractivity contribution is 7.87. The Morgan fingerprint density at radius 3 is 1.73 bits per heavy atom. The number of nitro benzene ring substituents is 2. The Bertz CT molecular complexity index is 950. The highest BCUT2D eigenvalue weighted by Gasteiger charge is 2.20. The summed E-state index contributed by atoms with van der Waals surface area (Å²) in [5, 5.41) is 22.3. The Morgan fingerprint density at radius 1 is 0.731 bits per heavy atom. The summed E-state index contributed by atoms with van der Waals surface area (Å²) in [6.07, 6.45) is 0. The van der Waals surface area contributed by atoms with Gasteiger partial charge in [0.15, 0.2) is 0 Å². The van der Waals surface area contributed by atoms with Gasteiger partial charge < -0.3 is 0 Å². The van der Waals surface area contributed by atoms with Crippen LogP contribution in [0.4, 0.5) is 17.1 Å². The first-order chi connectivity index (χ1) is 12.6. The Morgan fingerprint density at radius 2 is 1.27 bits per heavy atom. The normalized spacial score (nSPS) is 10.5. The first-order valence-electron chi connectivity index (χ1n) is 7.55. The Balaban J connectivity index is 2.21. The van der Waals surface area contributed by atoms with Crippen LogP contribution in [0, 0.1) is 20.2 Å². The second kappa shape index (κ2) is 7.66. The third-order valence-corrected chi connectivity index (χ3v) is 5.31. The number of benzene rings is 3. The molecule has 0 fully saturated rings. The van der Waals surface area contributed by atoms with Crippen molar-refractivity contribution in [3.63, 3.8) is 0 Å². The van der Waals surface area contributed by atoms with E-state index in [1.54, 1.807) is 0 Å². The lowest BCUT2D eigenvalue weighted by Gasteiger charge is -2.09. The minimum absolute atomic E-state index is 0.108. The molecule has 0 atom stereocenters. The maximum atomic E-state index is 11.4. The molecule has 3 rings (SSSR count). The second-order valence-electron chi connectivity index (χ2n) is 5.19. The lowest BCUT2D eigenvalue weighted by atomic mass is 10.2. The molecule has 0 aliphatic heterocycles.